The van der Waals surface area contributed by atoms with E-state index in [2.05, 4.69) is 4.72 Å². The quantitative estimate of drug-likeness (QED) is 0.760. The molecule has 1 heterocycles. The van der Waals surface area contributed by atoms with Crippen LogP contribution >= 0.6 is 12.4 Å². The summed E-state index contributed by atoms with van der Waals surface area (Å²) in [6.07, 6.45) is 1.46. The van der Waals surface area contributed by atoms with E-state index < -0.39 is 10.0 Å². The third-order valence-electron chi connectivity index (χ3n) is 4.09. The Kier molecular flexibility index (Phi) is 5.49. The van der Waals surface area contributed by atoms with Crippen LogP contribution in [0.15, 0.2) is 35.2 Å². The van der Waals surface area contributed by atoms with Crippen LogP contribution in [0.3, 0.4) is 0 Å². The number of halogens is 1. The van der Waals surface area contributed by atoms with E-state index in [9.17, 15) is 13.2 Å². The summed E-state index contributed by atoms with van der Waals surface area (Å²) in [5.41, 5.74) is 6.70. The third-order valence-corrected chi connectivity index (χ3v) is 5.61. The molecule has 0 radical (unpaired) electrons. The highest BCUT2D eigenvalue weighted by Crippen LogP contribution is 2.39. The molecule has 1 amide bonds. The first-order valence-electron chi connectivity index (χ1n) is 7.51. The first-order chi connectivity index (χ1) is 11.0. The van der Waals surface area contributed by atoms with E-state index in [-0.39, 0.29) is 23.2 Å². The fraction of sp³-hybridized carbons (Fsp3) is 0.312. The molecular weight excluding hydrogens is 350 g/mol. The summed E-state index contributed by atoms with van der Waals surface area (Å²) in [5, 5.41) is 1.27. The summed E-state index contributed by atoms with van der Waals surface area (Å²) in [4.78, 5) is 14.0. The molecule has 0 saturated carbocycles. The minimum absolute atomic E-state index is 0. The minimum Gasteiger partial charge on any atom is -0.330 e. The maximum atomic E-state index is 12.6. The van der Waals surface area contributed by atoms with E-state index in [1.807, 2.05) is 0 Å². The van der Waals surface area contributed by atoms with Gasteiger partial charge >= 0.3 is 0 Å². The van der Waals surface area contributed by atoms with Gasteiger partial charge in [0.05, 0.1) is 10.6 Å². The number of carbonyl (C=O) groups excluding carboxylic acids is 1. The molecule has 3 rings (SSSR count). The zero-order valence-corrected chi connectivity index (χ0v) is 14.9. The monoisotopic (exact) mass is 369 g/mol. The van der Waals surface area contributed by atoms with Crippen molar-refractivity contribution >= 4 is 44.8 Å². The van der Waals surface area contributed by atoms with Gasteiger partial charge in [-0.15, -0.1) is 12.4 Å². The van der Waals surface area contributed by atoms with E-state index in [4.69, 9.17) is 5.73 Å². The van der Waals surface area contributed by atoms with Gasteiger partial charge in [-0.2, -0.15) is 0 Å². The zero-order chi connectivity index (χ0) is 16.6. The highest BCUT2D eigenvalue weighted by molar-refractivity contribution is 7.89. The lowest BCUT2D eigenvalue weighted by atomic mass is 10.1. The van der Waals surface area contributed by atoms with Crippen molar-refractivity contribution in [3.8, 4) is 0 Å². The van der Waals surface area contributed by atoms with Gasteiger partial charge in [-0.25, -0.2) is 13.1 Å². The van der Waals surface area contributed by atoms with Gasteiger partial charge in [0, 0.05) is 29.9 Å². The van der Waals surface area contributed by atoms with Gasteiger partial charge in [0.25, 0.3) is 5.91 Å². The van der Waals surface area contributed by atoms with Gasteiger partial charge in [-0.3, -0.25) is 4.79 Å². The number of nitrogens with two attached hydrogens (primary N) is 1. The van der Waals surface area contributed by atoms with Crippen LogP contribution in [0.25, 0.3) is 10.8 Å². The molecule has 130 valence electrons. The fourth-order valence-corrected chi connectivity index (χ4v) is 4.17. The highest BCUT2D eigenvalue weighted by Gasteiger charge is 2.29. The molecule has 0 aliphatic carbocycles. The molecule has 24 heavy (non-hydrogen) atoms. The summed E-state index contributed by atoms with van der Waals surface area (Å²) < 4.78 is 27.8. The molecule has 1 aliphatic heterocycles. The molecule has 0 bridgehead atoms. The Morgan fingerprint density at radius 3 is 2.62 bits per heavy atom. The standard InChI is InChI=1S/C16H19N3O3S.ClH/c1-19-13-7-8-14(23(21,22)18-10-3-2-9-17)11-5-4-6-12(15(11)13)16(19)20;/h4-8,18H,2-3,9-10,17H2,1H3;1H. The number of hydrogen-bond acceptors (Lipinski definition) is 4. The van der Waals surface area contributed by atoms with Crippen LogP contribution in [0, 0.1) is 0 Å². The number of hydrogen-bond donors (Lipinski definition) is 2. The summed E-state index contributed by atoms with van der Waals surface area (Å²) in [5.74, 6) is -0.115. The van der Waals surface area contributed by atoms with Crippen LogP contribution in [-0.4, -0.2) is 34.5 Å². The zero-order valence-electron chi connectivity index (χ0n) is 13.3. The van der Waals surface area contributed by atoms with E-state index in [0.717, 1.165) is 12.1 Å². The van der Waals surface area contributed by atoms with Gasteiger partial charge in [0.1, 0.15) is 0 Å². The fourth-order valence-electron chi connectivity index (χ4n) is 2.90. The topological polar surface area (TPSA) is 92.5 Å². The number of sulfonamides is 1. The first-order valence-corrected chi connectivity index (χ1v) is 8.99. The van der Waals surface area contributed by atoms with Crippen LogP contribution in [0.2, 0.25) is 0 Å². The minimum atomic E-state index is -3.63. The van der Waals surface area contributed by atoms with Crippen LogP contribution in [0.1, 0.15) is 23.2 Å². The maximum Gasteiger partial charge on any atom is 0.258 e. The number of carbonyl (C=O) groups is 1. The van der Waals surface area contributed by atoms with E-state index >= 15 is 0 Å². The average molecular weight is 370 g/mol. The van der Waals surface area contributed by atoms with Crippen LogP contribution in [0.5, 0.6) is 0 Å². The summed E-state index contributed by atoms with van der Waals surface area (Å²) >= 11 is 0. The van der Waals surface area contributed by atoms with Gasteiger partial charge in [-0.05, 0) is 37.6 Å². The highest BCUT2D eigenvalue weighted by atomic mass is 35.5. The second-order valence-electron chi connectivity index (χ2n) is 5.57. The molecule has 0 unspecified atom stereocenters. The molecule has 0 spiro atoms. The largest absolute Gasteiger partial charge is 0.330 e. The van der Waals surface area contributed by atoms with Crippen LogP contribution in [0.4, 0.5) is 5.69 Å². The Morgan fingerprint density at radius 1 is 1.17 bits per heavy atom. The number of rotatable bonds is 6. The molecule has 0 atom stereocenters. The second-order valence-corrected chi connectivity index (χ2v) is 7.30. The van der Waals surface area contributed by atoms with Crippen molar-refractivity contribution in [2.75, 3.05) is 25.0 Å². The lowest BCUT2D eigenvalue weighted by Gasteiger charge is -2.12. The number of amides is 1. The third kappa shape index (κ3) is 3.00. The SMILES string of the molecule is CN1C(=O)c2cccc3c(S(=O)(=O)NCCCCN)ccc1c23.Cl. The van der Waals surface area contributed by atoms with Crippen molar-refractivity contribution in [1.82, 2.24) is 4.72 Å². The van der Waals surface area contributed by atoms with Crippen LogP contribution < -0.4 is 15.4 Å². The average Bonchev–Trinajstić information content (AvgIpc) is 2.79. The van der Waals surface area contributed by atoms with Crippen molar-refractivity contribution in [2.45, 2.75) is 17.7 Å². The van der Waals surface area contributed by atoms with E-state index in [1.165, 1.54) is 0 Å². The predicted octanol–water partition coefficient (Wildman–Crippen LogP) is 1.87. The van der Waals surface area contributed by atoms with Gasteiger partial charge in [0.15, 0.2) is 0 Å². The Labute approximate surface area is 147 Å². The van der Waals surface area contributed by atoms with Crippen molar-refractivity contribution in [1.29, 1.82) is 0 Å². The maximum absolute atomic E-state index is 12.6. The van der Waals surface area contributed by atoms with Gasteiger partial charge in [0.2, 0.25) is 10.0 Å². The number of unbranched alkanes of at least 4 members (excludes halogenated alkanes) is 1. The molecule has 2 aromatic rings. The number of nitrogens with one attached hydrogen (secondary N) is 1. The Bertz CT molecular complexity index is 884. The first kappa shape index (κ1) is 18.7. The molecule has 6 nitrogen and oxygen atoms in total. The molecule has 2 aromatic carbocycles. The normalized spacial score (nSPS) is 13.4. The predicted molar refractivity (Wildman–Crippen MR) is 97.4 cm³/mol. The molecule has 8 heteroatoms. The number of anilines is 1. The summed E-state index contributed by atoms with van der Waals surface area (Å²) in [6, 6.07) is 8.42. The Morgan fingerprint density at radius 2 is 1.92 bits per heavy atom. The molecular formula is C16H20ClN3O3S. The molecule has 1 aliphatic rings. The molecule has 3 N–H and O–H groups in total. The summed E-state index contributed by atoms with van der Waals surface area (Å²) in [7, 11) is -1.94. The molecule has 0 aromatic heterocycles. The van der Waals surface area contributed by atoms with Crippen molar-refractivity contribution < 1.29 is 13.2 Å². The Hall–Kier alpha value is -1.67. The number of benzene rings is 2. The Balaban J connectivity index is 0.00000208. The van der Waals surface area contributed by atoms with E-state index in [1.54, 1.807) is 42.3 Å². The lowest BCUT2D eigenvalue weighted by Crippen LogP contribution is -2.25. The van der Waals surface area contributed by atoms with Gasteiger partial charge in [-0.1, -0.05) is 12.1 Å². The summed E-state index contributed by atoms with van der Waals surface area (Å²) in [6.45, 7) is 0.887. The van der Waals surface area contributed by atoms with Crippen LogP contribution in [-0.2, 0) is 10.0 Å². The van der Waals surface area contributed by atoms with Gasteiger partial charge < -0.3 is 10.6 Å². The molecule has 0 fully saturated rings. The van der Waals surface area contributed by atoms with Crippen molar-refractivity contribution in [3.05, 3.63) is 35.9 Å². The number of nitrogens with zero attached hydrogens (tertiary/aromatic N) is 1. The lowest BCUT2D eigenvalue weighted by molar-refractivity contribution is 0.0999. The van der Waals surface area contributed by atoms with Crippen molar-refractivity contribution in [2.24, 2.45) is 5.73 Å². The smallest absolute Gasteiger partial charge is 0.258 e. The van der Waals surface area contributed by atoms with E-state index in [0.29, 0.717) is 35.8 Å². The second kappa shape index (κ2) is 7.06. The molecule has 0 saturated heterocycles. The van der Waals surface area contributed by atoms with Crippen molar-refractivity contribution in [3.63, 3.8) is 0 Å².